The van der Waals surface area contributed by atoms with Gasteiger partial charge in [0.15, 0.2) is 5.82 Å². The summed E-state index contributed by atoms with van der Waals surface area (Å²) in [6.45, 7) is 2.23. The third-order valence-corrected chi connectivity index (χ3v) is 2.68. The number of hydrogen-bond donors (Lipinski definition) is 1. The second-order valence-corrected chi connectivity index (χ2v) is 4.03. The zero-order valence-corrected chi connectivity index (χ0v) is 10.0. The zero-order chi connectivity index (χ0) is 11.5. The van der Waals surface area contributed by atoms with Crippen LogP contribution in [-0.4, -0.2) is 10.1 Å². The highest BCUT2D eigenvalue weighted by Crippen LogP contribution is 2.25. The molecule has 1 heterocycles. The highest BCUT2D eigenvalue weighted by atomic mass is 35.5. The van der Waals surface area contributed by atoms with Gasteiger partial charge in [0.25, 0.3) is 0 Å². The number of rotatable bonds is 3. The highest BCUT2D eigenvalue weighted by molar-refractivity contribution is 6.42. The van der Waals surface area contributed by atoms with Crippen molar-refractivity contribution in [2.75, 3.05) is 5.32 Å². The number of halogens is 2. The van der Waals surface area contributed by atoms with Gasteiger partial charge in [-0.05, 0) is 18.2 Å². The summed E-state index contributed by atoms with van der Waals surface area (Å²) in [4.78, 5) is 4.07. The lowest BCUT2D eigenvalue weighted by atomic mass is 10.3. The van der Waals surface area contributed by atoms with E-state index in [0.717, 1.165) is 5.69 Å². The van der Waals surface area contributed by atoms with Crippen molar-refractivity contribution in [3.8, 4) is 0 Å². The molecule has 0 spiro atoms. The van der Waals surface area contributed by atoms with Gasteiger partial charge in [-0.1, -0.05) is 28.4 Å². The van der Waals surface area contributed by atoms with Gasteiger partial charge >= 0.3 is 0 Å². The number of hydrogen-bond acceptors (Lipinski definition) is 4. The molecule has 1 aromatic carbocycles. The van der Waals surface area contributed by atoms with Crippen LogP contribution in [0.4, 0.5) is 5.69 Å². The van der Waals surface area contributed by atoms with Crippen LogP contribution in [0.25, 0.3) is 0 Å². The molecule has 16 heavy (non-hydrogen) atoms. The minimum atomic E-state index is 0.481. The summed E-state index contributed by atoms with van der Waals surface area (Å²) in [5.74, 6) is 1.15. The first-order chi connectivity index (χ1) is 7.65. The molecule has 1 aromatic heterocycles. The Bertz CT molecular complexity index is 499. The van der Waals surface area contributed by atoms with E-state index in [1.54, 1.807) is 19.1 Å². The molecule has 4 nitrogen and oxygen atoms in total. The van der Waals surface area contributed by atoms with Crippen molar-refractivity contribution < 1.29 is 4.52 Å². The van der Waals surface area contributed by atoms with E-state index >= 15 is 0 Å². The topological polar surface area (TPSA) is 51.0 Å². The first kappa shape index (κ1) is 11.2. The normalized spacial score (nSPS) is 10.4. The second-order valence-electron chi connectivity index (χ2n) is 3.21. The summed E-state index contributed by atoms with van der Waals surface area (Å²) in [6, 6.07) is 5.31. The monoisotopic (exact) mass is 257 g/mol. The van der Waals surface area contributed by atoms with Gasteiger partial charge in [-0.15, -0.1) is 0 Å². The van der Waals surface area contributed by atoms with Crippen LogP contribution in [0, 0.1) is 6.92 Å². The predicted octanol–water partition coefficient (Wildman–Crippen LogP) is 3.30. The lowest BCUT2D eigenvalue weighted by Crippen LogP contribution is -2.01. The van der Waals surface area contributed by atoms with Gasteiger partial charge in [-0.3, -0.25) is 0 Å². The first-order valence-corrected chi connectivity index (χ1v) is 5.39. The van der Waals surface area contributed by atoms with Crippen LogP contribution in [0.1, 0.15) is 11.7 Å². The maximum atomic E-state index is 5.88. The second kappa shape index (κ2) is 4.72. The molecular weight excluding hydrogens is 249 g/mol. The third kappa shape index (κ3) is 2.65. The summed E-state index contributed by atoms with van der Waals surface area (Å²) >= 11 is 11.7. The van der Waals surface area contributed by atoms with Crippen LogP contribution in [0.3, 0.4) is 0 Å². The Labute approximate surface area is 103 Å². The van der Waals surface area contributed by atoms with Crippen molar-refractivity contribution in [2.45, 2.75) is 13.5 Å². The number of nitrogens with zero attached hydrogens (tertiary/aromatic N) is 2. The van der Waals surface area contributed by atoms with E-state index in [0.29, 0.717) is 28.3 Å². The van der Waals surface area contributed by atoms with E-state index in [9.17, 15) is 0 Å². The standard InChI is InChI=1S/C10H9Cl2N3O/c1-6-14-10(15-16-6)5-13-7-2-3-8(11)9(12)4-7/h2-4,13H,5H2,1H3. The van der Waals surface area contributed by atoms with Crippen LogP contribution in [0.2, 0.25) is 10.0 Å². The van der Waals surface area contributed by atoms with E-state index < -0.39 is 0 Å². The van der Waals surface area contributed by atoms with E-state index in [1.165, 1.54) is 0 Å². The smallest absolute Gasteiger partial charge is 0.223 e. The van der Waals surface area contributed by atoms with Crippen molar-refractivity contribution in [2.24, 2.45) is 0 Å². The average molecular weight is 258 g/mol. The Morgan fingerprint density at radius 3 is 2.75 bits per heavy atom. The van der Waals surface area contributed by atoms with Crippen molar-refractivity contribution in [3.05, 3.63) is 40.0 Å². The maximum absolute atomic E-state index is 5.88. The van der Waals surface area contributed by atoms with E-state index in [4.69, 9.17) is 27.7 Å². The highest BCUT2D eigenvalue weighted by Gasteiger charge is 2.03. The number of nitrogens with one attached hydrogen (secondary N) is 1. The molecule has 1 N–H and O–H groups in total. The Kier molecular flexibility index (Phi) is 3.31. The SMILES string of the molecule is Cc1nc(CNc2ccc(Cl)c(Cl)c2)no1. The van der Waals surface area contributed by atoms with Crippen LogP contribution >= 0.6 is 23.2 Å². The molecule has 0 saturated heterocycles. The molecule has 0 saturated carbocycles. The fourth-order valence-electron chi connectivity index (χ4n) is 1.20. The fourth-order valence-corrected chi connectivity index (χ4v) is 1.50. The molecule has 0 aliphatic heterocycles. The van der Waals surface area contributed by atoms with Crippen molar-refractivity contribution in [3.63, 3.8) is 0 Å². The largest absolute Gasteiger partial charge is 0.378 e. The summed E-state index contributed by atoms with van der Waals surface area (Å²) in [7, 11) is 0. The molecule has 2 rings (SSSR count). The van der Waals surface area contributed by atoms with Crippen molar-refractivity contribution in [1.29, 1.82) is 0 Å². The van der Waals surface area contributed by atoms with Gasteiger partial charge in [-0.25, -0.2) is 0 Å². The van der Waals surface area contributed by atoms with E-state index in [1.807, 2.05) is 6.07 Å². The lowest BCUT2D eigenvalue weighted by molar-refractivity contribution is 0.388. The summed E-state index contributed by atoms with van der Waals surface area (Å²) in [6.07, 6.45) is 0. The molecule has 6 heteroatoms. The van der Waals surface area contributed by atoms with Crippen LogP contribution < -0.4 is 5.32 Å². The molecule has 0 unspecified atom stereocenters. The summed E-state index contributed by atoms with van der Waals surface area (Å²) in [5, 5.41) is 7.92. The Morgan fingerprint density at radius 1 is 1.31 bits per heavy atom. The first-order valence-electron chi connectivity index (χ1n) is 4.63. The van der Waals surface area contributed by atoms with Crippen LogP contribution in [-0.2, 0) is 6.54 Å². The Balaban J connectivity index is 2.02. The van der Waals surface area contributed by atoms with E-state index in [2.05, 4.69) is 15.5 Å². The van der Waals surface area contributed by atoms with Crippen LogP contribution in [0.15, 0.2) is 22.7 Å². The van der Waals surface area contributed by atoms with Gasteiger partial charge in [0, 0.05) is 12.6 Å². The Morgan fingerprint density at radius 2 is 2.12 bits per heavy atom. The number of aromatic nitrogens is 2. The average Bonchev–Trinajstić information content (AvgIpc) is 2.66. The molecule has 0 radical (unpaired) electrons. The van der Waals surface area contributed by atoms with Crippen LogP contribution in [0.5, 0.6) is 0 Å². The van der Waals surface area contributed by atoms with Gasteiger partial charge in [-0.2, -0.15) is 4.98 Å². The van der Waals surface area contributed by atoms with Gasteiger partial charge < -0.3 is 9.84 Å². The minimum absolute atomic E-state index is 0.481. The van der Waals surface area contributed by atoms with Gasteiger partial charge in [0.1, 0.15) is 0 Å². The minimum Gasteiger partial charge on any atom is -0.378 e. The molecule has 84 valence electrons. The zero-order valence-electron chi connectivity index (χ0n) is 8.50. The van der Waals surface area contributed by atoms with E-state index in [-0.39, 0.29) is 0 Å². The number of aryl methyl sites for hydroxylation is 1. The molecule has 0 aliphatic carbocycles. The molecule has 0 atom stereocenters. The molecule has 0 amide bonds. The Hall–Kier alpha value is -1.26. The summed E-state index contributed by atoms with van der Waals surface area (Å²) in [5.41, 5.74) is 0.858. The fraction of sp³-hybridized carbons (Fsp3) is 0.200. The quantitative estimate of drug-likeness (QED) is 0.917. The van der Waals surface area contributed by atoms with Crippen molar-refractivity contribution >= 4 is 28.9 Å². The maximum Gasteiger partial charge on any atom is 0.223 e. The predicted molar refractivity (Wildman–Crippen MR) is 62.8 cm³/mol. The van der Waals surface area contributed by atoms with Crippen molar-refractivity contribution in [1.82, 2.24) is 10.1 Å². The molecule has 0 fully saturated rings. The molecular formula is C10H9Cl2N3O. The van der Waals surface area contributed by atoms with Gasteiger partial charge in [0.05, 0.1) is 16.6 Å². The molecule has 0 bridgehead atoms. The third-order valence-electron chi connectivity index (χ3n) is 1.94. The molecule has 0 aliphatic rings. The molecule has 2 aromatic rings. The number of anilines is 1. The summed E-state index contributed by atoms with van der Waals surface area (Å²) < 4.78 is 4.85. The van der Waals surface area contributed by atoms with Gasteiger partial charge in [0.2, 0.25) is 5.89 Å². The lowest BCUT2D eigenvalue weighted by Gasteiger charge is -2.04. The number of benzene rings is 1.